The third-order valence-corrected chi connectivity index (χ3v) is 4.71. The lowest BCUT2D eigenvalue weighted by Crippen LogP contribution is -2.34. The Kier molecular flexibility index (Phi) is 5.56. The number of likely N-dealkylation sites (tertiary alicyclic amines) is 1. The van der Waals surface area contributed by atoms with Crippen LogP contribution in [0.2, 0.25) is 0 Å². The summed E-state index contributed by atoms with van der Waals surface area (Å²) in [6.07, 6.45) is 0.280. The molecular weight excluding hydrogens is 328 g/mol. The van der Waals surface area contributed by atoms with Crippen molar-refractivity contribution in [2.45, 2.75) is 19.5 Å². The largest absolute Gasteiger partial charge is 0.497 e. The highest BCUT2D eigenvalue weighted by Gasteiger charge is 2.35. The predicted molar refractivity (Wildman–Crippen MR) is 99.4 cm³/mol. The zero-order valence-corrected chi connectivity index (χ0v) is 15.2. The van der Waals surface area contributed by atoms with Crippen LogP contribution < -0.4 is 4.74 Å². The van der Waals surface area contributed by atoms with E-state index in [0.29, 0.717) is 19.6 Å². The number of carbonyl (C=O) groups is 2. The minimum absolute atomic E-state index is 0.0235. The summed E-state index contributed by atoms with van der Waals surface area (Å²) in [5.41, 5.74) is 2.09. The van der Waals surface area contributed by atoms with Crippen molar-refractivity contribution in [2.75, 3.05) is 20.7 Å². The Hall–Kier alpha value is -2.82. The number of methoxy groups -OCH3 is 1. The van der Waals surface area contributed by atoms with Crippen molar-refractivity contribution < 1.29 is 14.3 Å². The summed E-state index contributed by atoms with van der Waals surface area (Å²) in [5, 5.41) is 0. The molecule has 0 aliphatic carbocycles. The average Bonchev–Trinajstić information content (AvgIpc) is 3.02. The molecule has 0 N–H and O–H groups in total. The number of ether oxygens (including phenoxy) is 1. The highest BCUT2D eigenvalue weighted by molar-refractivity contribution is 5.89. The smallest absolute Gasteiger partial charge is 0.228 e. The highest BCUT2D eigenvalue weighted by atomic mass is 16.5. The summed E-state index contributed by atoms with van der Waals surface area (Å²) in [7, 11) is 3.42. The van der Waals surface area contributed by atoms with Crippen molar-refractivity contribution in [1.82, 2.24) is 9.80 Å². The standard InChI is InChI=1S/C21H24N2O3/c1-22(13-16-7-4-3-5-8-16)21(25)18-12-20(24)23(15-18)14-17-9-6-10-19(11-17)26-2/h3-11,18H,12-15H2,1-2H3/t18-/m1/s1. The maximum Gasteiger partial charge on any atom is 0.228 e. The average molecular weight is 352 g/mol. The Labute approximate surface area is 154 Å². The molecule has 26 heavy (non-hydrogen) atoms. The highest BCUT2D eigenvalue weighted by Crippen LogP contribution is 2.23. The lowest BCUT2D eigenvalue weighted by molar-refractivity contribution is -0.135. The number of hydrogen-bond donors (Lipinski definition) is 0. The van der Waals surface area contributed by atoms with Gasteiger partial charge in [-0.25, -0.2) is 0 Å². The summed E-state index contributed by atoms with van der Waals surface area (Å²) >= 11 is 0. The van der Waals surface area contributed by atoms with Crippen molar-refractivity contribution >= 4 is 11.8 Å². The van der Waals surface area contributed by atoms with E-state index in [4.69, 9.17) is 4.74 Å². The van der Waals surface area contributed by atoms with E-state index in [1.807, 2.05) is 54.6 Å². The molecule has 2 aromatic carbocycles. The Balaban J connectivity index is 1.60. The van der Waals surface area contributed by atoms with Gasteiger partial charge >= 0.3 is 0 Å². The number of nitrogens with zero attached hydrogens (tertiary/aromatic N) is 2. The molecule has 1 heterocycles. The zero-order chi connectivity index (χ0) is 18.5. The number of carbonyl (C=O) groups excluding carboxylic acids is 2. The van der Waals surface area contributed by atoms with Gasteiger partial charge in [-0.05, 0) is 23.3 Å². The van der Waals surface area contributed by atoms with Crippen LogP contribution in [0, 0.1) is 5.92 Å². The van der Waals surface area contributed by atoms with E-state index in [2.05, 4.69) is 0 Å². The van der Waals surface area contributed by atoms with Gasteiger partial charge in [0.25, 0.3) is 0 Å². The van der Waals surface area contributed by atoms with Gasteiger partial charge < -0.3 is 14.5 Å². The second kappa shape index (κ2) is 8.04. The first-order valence-electron chi connectivity index (χ1n) is 8.76. The molecule has 5 heteroatoms. The molecule has 5 nitrogen and oxygen atoms in total. The van der Waals surface area contributed by atoms with Gasteiger partial charge in [0.15, 0.2) is 0 Å². The van der Waals surface area contributed by atoms with E-state index in [0.717, 1.165) is 16.9 Å². The van der Waals surface area contributed by atoms with E-state index in [1.165, 1.54) is 0 Å². The molecule has 0 spiro atoms. The molecule has 1 aliphatic heterocycles. The third kappa shape index (κ3) is 4.23. The predicted octanol–water partition coefficient (Wildman–Crippen LogP) is 2.70. The SMILES string of the molecule is COc1cccc(CN2C[C@H](C(=O)N(C)Cc3ccccc3)CC2=O)c1. The number of amides is 2. The topological polar surface area (TPSA) is 49.9 Å². The van der Waals surface area contributed by atoms with Gasteiger partial charge in [0.2, 0.25) is 11.8 Å². The second-order valence-corrected chi connectivity index (χ2v) is 6.71. The summed E-state index contributed by atoms with van der Waals surface area (Å²) < 4.78 is 5.23. The molecule has 0 aromatic heterocycles. The van der Waals surface area contributed by atoms with E-state index >= 15 is 0 Å². The monoisotopic (exact) mass is 352 g/mol. The maximum absolute atomic E-state index is 12.7. The molecule has 3 rings (SSSR count). The van der Waals surface area contributed by atoms with Gasteiger partial charge in [0.1, 0.15) is 5.75 Å². The van der Waals surface area contributed by atoms with Crippen molar-refractivity contribution in [3.05, 3.63) is 65.7 Å². The van der Waals surface area contributed by atoms with Crippen LogP contribution in [0.3, 0.4) is 0 Å². The Morgan fingerprint density at radius 3 is 2.62 bits per heavy atom. The van der Waals surface area contributed by atoms with Crippen molar-refractivity contribution in [1.29, 1.82) is 0 Å². The van der Waals surface area contributed by atoms with Crippen LogP contribution in [0.15, 0.2) is 54.6 Å². The summed E-state index contributed by atoms with van der Waals surface area (Å²) in [4.78, 5) is 28.5. The first-order chi connectivity index (χ1) is 12.6. The number of rotatable bonds is 6. The van der Waals surface area contributed by atoms with E-state index in [1.54, 1.807) is 24.0 Å². The van der Waals surface area contributed by atoms with Gasteiger partial charge in [-0.1, -0.05) is 42.5 Å². The van der Waals surface area contributed by atoms with E-state index in [9.17, 15) is 9.59 Å². The molecule has 0 saturated carbocycles. The molecule has 1 saturated heterocycles. The second-order valence-electron chi connectivity index (χ2n) is 6.71. The van der Waals surface area contributed by atoms with Crippen LogP contribution in [0.25, 0.3) is 0 Å². The minimum Gasteiger partial charge on any atom is -0.497 e. The molecule has 1 aliphatic rings. The van der Waals surface area contributed by atoms with Crippen LogP contribution in [0.1, 0.15) is 17.5 Å². The summed E-state index contributed by atoms with van der Waals surface area (Å²) in [5.74, 6) is 0.542. The Morgan fingerprint density at radius 1 is 1.15 bits per heavy atom. The van der Waals surface area contributed by atoms with E-state index in [-0.39, 0.29) is 24.2 Å². The molecular formula is C21H24N2O3. The van der Waals surface area contributed by atoms with Gasteiger partial charge in [-0.3, -0.25) is 9.59 Å². The van der Waals surface area contributed by atoms with Gasteiger partial charge in [-0.2, -0.15) is 0 Å². The quantitative estimate of drug-likeness (QED) is 0.803. The van der Waals surface area contributed by atoms with Crippen LogP contribution in [-0.4, -0.2) is 42.3 Å². The van der Waals surface area contributed by atoms with Gasteiger partial charge in [0.05, 0.1) is 13.0 Å². The lowest BCUT2D eigenvalue weighted by Gasteiger charge is -2.21. The van der Waals surface area contributed by atoms with E-state index < -0.39 is 0 Å². The minimum atomic E-state index is -0.276. The number of hydrogen-bond acceptors (Lipinski definition) is 3. The fourth-order valence-corrected chi connectivity index (χ4v) is 3.33. The van der Waals surface area contributed by atoms with Crippen LogP contribution in [-0.2, 0) is 22.7 Å². The zero-order valence-electron chi connectivity index (χ0n) is 15.2. The maximum atomic E-state index is 12.7. The third-order valence-electron chi connectivity index (χ3n) is 4.71. The van der Waals surface area contributed by atoms with Crippen molar-refractivity contribution in [2.24, 2.45) is 5.92 Å². The Bertz CT molecular complexity index is 776. The molecule has 2 aromatic rings. The molecule has 0 unspecified atom stereocenters. The van der Waals surface area contributed by atoms with Gasteiger partial charge in [0, 0.05) is 33.1 Å². The summed E-state index contributed by atoms with van der Waals surface area (Å²) in [6.45, 7) is 1.52. The van der Waals surface area contributed by atoms with Gasteiger partial charge in [-0.15, -0.1) is 0 Å². The number of benzene rings is 2. The molecule has 2 amide bonds. The van der Waals surface area contributed by atoms with Crippen molar-refractivity contribution in [3.63, 3.8) is 0 Å². The fraction of sp³-hybridized carbons (Fsp3) is 0.333. The first kappa shape index (κ1) is 18.0. The molecule has 0 radical (unpaired) electrons. The Morgan fingerprint density at radius 2 is 1.88 bits per heavy atom. The molecule has 1 atom stereocenters. The van der Waals surface area contributed by atoms with Crippen molar-refractivity contribution in [3.8, 4) is 5.75 Å². The van der Waals surface area contributed by atoms with Crippen LogP contribution >= 0.6 is 0 Å². The lowest BCUT2D eigenvalue weighted by atomic mass is 10.1. The normalized spacial score (nSPS) is 16.6. The summed E-state index contributed by atoms with van der Waals surface area (Å²) in [6, 6.07) is 17.5. The molecule has 136 valence electrons. The molecule has 0 bridgehead atoms. The van der Waals surface area contributed by atoms with Crippen LogP contribution in [0.4, 0.5) is 0 Å². The first-order valence-corrected chi connectivity index (χ1v) is 8.76. The van der Waals surface area contributed by atoms with Crippen LogP contribution in [0.5, 0.6) is 5.75 Å². The molecule has 1 fully saturated rings. The fourth-order valence-electron chi connectivity index (χ4n) is 3.33.